The first kappa shape index (κ1) is 14.3. The van der Waals surface area contributed by atoms with Gasteiger partial charge in [-0.3, -0.25) is 9.48 Å². The molecule has 0 fully saturated rings. The summed E-state index contributed by atoms with van der Waals surface area (Å²) >= 11 is 0. The predicted molar refractivity (Wildman–Crippen MR) is 74.0 cm³/mol. The molecule has 0 aliphatic heterocycles. The van der Waals surface area contributed by atoms with Crippen molar-refractivity contribution in [3.8, 4) is 0 Å². The Labute approximate surface area is 117 Å². The van der Waals surface area contributed by atoms with Crippen molar-refractivity contribution in [1.82, 2.24) is 19.8 Å². The molecule has 2 heterocycles. The Morgan fingerprint density at radius 2 is 2.35 bits per heavy atom. The summed E-state index contributed by atoms with van der Waals surface area (Å²) in [6, 6.07) is 1.69. The van der Waals surface area contributed by atoms with Gasteiger partial charge in [0.1, 0.15) is 5.76 Å². The molecule has 0 saturated carbocycles. The summed E-state index contributed by atoms with van der Waals surface area (Å²) in [6.07, 6.45) is 4.20. The first-order valence-electron chi connectivity index (χ1n) is 6.42. The van der Waals surface area contributed by atoms with Crippen LogP contribution < -0.4 is 5.32 Å². The highest BCUT2D eigenvalue weighted by atomic mass is 16.5. The van der Waals surface area contributed by atoms with E-state index in [0.29, 0.717) is 24.5 Å². The molecule has 0 spiro atoms. The standard InChI is InChI=1S/C13H19N5O2/c1-10-6-12(16-20-10)15-13(19)4-5-17(2)8-11-7-14-18(3)9-11/h6-7,9H,4-5,8H2,1-3H3,(H,15,16,19). The van der Waals surface area contributed by atoms with Crippen LogP contribution in [-0.4, -0.2) is 39.3 Å². The van der Waals surface area contributed by atoms with E-state index in [1.165, 1.54) is 0 Å². The second-order valence-corrected chi connectivity index (χ2v) is 4.88. The minimum absolute atomic E-state index is 0.0728. The van der Waals surface area contributed by atoms with Crippen LogP contribution >= 0.6 is 0 Å². The van der Waals surface area contributed by atoms with Crippen molar-refractivity contribution in [2.24, 2.45) is 7.05 Å². The molecular formula is C13H19N5O2. The second-order valence-electron chi connectivity index (χ2n) is 4.88. The minimum Gasteiger partial charge on any atom is -0.360 e. The number of aromatic nitrogens is 3. The van der Waals surface area contributed by atoms with Crippen LogP contribution in [0.2, 0.25) is 0 Å². The number of anilines is 1. The van der Waals surface area contributed by atoms with Gasteiger partial charge in [-0.05, 0) is 14.0 Å². The van der Waals surface area contributed by atoms with Crippen LogP contribution in [0.25, 0.3) is 0 Å². The quantitative estimate of drug-likeness (QED) is 0.858. The number of hydrogen-bond acceptors (Lipinski definition) is 5. The summed E-state index contributed by atoms with van der Waals surface area (Å²) in [4.78, 5) is 13.8. The second kappa shape index (κ2) is 6.33. The first-order valence-corrected chi connectivity index (χ1v) is 6.42. The normalized spacial score (nSPS) is 11.0. The molecule has 2 aromatic heterocycles. The van der Waals surface area contributed by atoms with Crippen LogP contribution in [0, 0.1) is 6.92 Å². The van der Waals surface area contributed by atoms with E-state index in [1.807, 2.05) is 26.5 Å². The summed E-state index contributed by atoms with van der Waals surface area (Å²) in [5, 5.41) is 10.5. The lowest BCUT2D eigenvalue weighted by atomic mass is 10.3. The van der Waals surface area contributed by atoms with Gasteiger partial charge in [-0.15, -0.1) is 0 Å². The van der Waals surface area contributed by atoms with E-state index in [1.54, 1.807) is 17.7 Å². The van der Waals surface area contributed by atoms with Gasteiger partial charge in [-0.2, -0.15) is 5.10 Å². The number of nitrogens with zero attached hydrogens (tertiary/aromatic N) is 4. The molecule has 0 aromatic carbocycles. The van der Waals surface area contributed by atoms with Crippen molar-refractivity contribution in [3.63, 3.8) is 0 Å². The van der Waals surface area contributed by atoms with Gasteiger partial charge in [0.15, 0.2) is 5.82 Å². The predicted octanol–water partition coefficient (Wildman–Crippen LogP) is 1.18. The number of nitrogens with one attached hydrogen (secondary N) is 1. The van der Waals surface area contributed by atoms with Gasteiger partial charge in [0.2, 0.25) is 5.91 Å². The van der Waals surface area contributed by atoms with Crippen molar-refractivity contribution in [1.29, 1.82) is 0 Å². The summed E-state index contributed by atoms with van der Waals surface area (Å²) in [7, 11) is 3.86. The smallest absolute Gasteiger partial charge is 0.226 e. The van der Waals surface area contributed by atoms with Gasteiger partial charge in [-0.25, -0.2) is 0 Å². The molecule has 2 aromatic rings. The van der Waals surface area contributed by atoms with E-state index in [2.05, 4.69) is 20.5 Å². The molecule has 1 N–H and O–H groups in total. The Hall–Kier alpha value is -2.15. The van der Waals surface area contributed by atoms with Gasteiger partial charge in [0.05, 0.1) is 6.20 Å². The zero-order chi connectivity index (χ0) is 14.5. The fourth-order valence-electron chi connectivity index (χ4n) is 1.87. The zero-order valence-electron chi connectivity index (χ0n) is 12.0. The van der Waals surface area contributed by atoms with E-state index in [0.717, 1.165) is 12.1 Å². The molecule has 108 valence electrons. The zero-order valence-corrected chi connectivity index (χ0v) is 12.0. The minimum atomic E-state index is -0.0728. The summed E-state index contributed by atoms with van der Waals surface area (Å²) in [6.45, 7) is 3.21. The molecule has 2 rings (SSSR count). The lowest BCUT2D eigenvalue weighted by Gasteiger charge is -2.14. The molecule has 0 aliphatic rings. The largest absolute Gasteiger partial charge is 0.360 e. The molecule has 0 saturated heterocycles. The highest BCUT2D eigenvalue weighted by Crippen LogP contribution is 2.07. The van der Waals surface area contributed by atoms with E-state index >= 15 is 0 Å². The molecule has 1 amide bonds. The van der Waals surface area contributed by atoms with E-state index in [-0.39, 0.29) is 5.91 Å². The third-order valence-electron chi connectivity index (χ3n) is 2.83. The molecular weight excluding hydrogens is 258 g/mol. The van der Waals surface area contributed by atoms with E-state index in [4.69, 9.17) is 4.52 Å². The molecule has 0 bridgehead atoms. The lowest BCUT2D eigenvalue weighted by Crippen LogP contribution is -2.24. The first-order chi connectivity index (χ1) is 9.52. The van der Waals surface area contributed by atoms with Gasteiger partial charge < -0.3 is 14.7 Å². The van der Waals surface area contributed by atoms with Crippen LogP contribution in [0.1, 0.15) is 17.7 Å². The fourth-order valence-corrected chi connectivity index (χ4v) is 1.87. The number of rotatable bonds is 6. The van der Waals surface area contributed by atoms with Crippen molar-refractivity contribution in [3.05, 3.63) is 29.8 Å². The van der Waals surface area contributed by atoms with Crippen molar-refractivity contribution in [2.45, 2.75) is 19.9 Å². The molecule has 7 nitrogen and oxygen atoms in total. The Balaban J connectivity index is 1.72. The average Bonchev–Trinajstić information content (AvgIpc) is 2.96. The average molecular weight is 277 g/mol. The summed E-state index contributed by atoms with van der Waals surface area (Å²) in [5.41, 5.74) is 1.13. The van der Waals surface area contributed by atoms with Gasteiger partial charge in [-0.1, -0.05) is 5.16 Å². The summed E-state index contributed by atoms with van der Waals surface area (Å²) < 4.78 is 6.65. The molecule has 7 heteroatoms. The topological polar surface area (TPSA) is 76.2 Å². The van der Waals surface area contributed by atoms with Crippen LogP contribution in [-0.2, 0) is 18.4 Å². The molecule has 0 unspecified atom stereocenters. The monoisotopic (exact) mass is 277 g/mol. The number of carbonyl (C=O) groups excluding carboxylic acids is 1. The maximum Gasteiger partial charge on any atom is 0.226 e. The van der Waals surface area contributed by atoms with Crippen molar-refractivity contribution in [2.75, 3.05) is 18.9 Å². The third kappa shape index (κ3) is 4.20. The molecule has 0 radical (unpaired) electrons. The SMILES string of the molecule is Cc1cc(NC(=O)CCN(C)Cc2cnn(C)c2)no1. The van der Waals surface area contributed by atoms with Crippen LogP contribution in [0.5, 0.6) is 0 Å². The number of hydrogen-bond donors (Lipinski definition) is 1. The van der Waals surface area contributed by atoms with Crippen molar-refractivity contribution >= 4 is 11.7 Å². The van der Waals surface area contributed by atoms with Crippen molar-refractivity contribution < 1.29 is 9.32 Å². The highest BCUT2D eigenvalue weighted by Gasteiger charge is 2.08. The van der Waals surface area contributed by atoms with Gasteiger partial charge >= 0.3 is 0 Å². The van der Waals surface area contributed by atoms with Crippen LogP contribution in [0.4, 0.5) is 5.82 Å². The van der Waals surface area contributed by atoms with Gasteiger partial charge in [0.25, 0.3) is 0 Å². The van der Waals surface area contributed by atoms with Crippen LogP contribution in [0.15, 0.2) is 23.0 Å². The highest BCUT2D eigenvalue weighted by molar-refractivity contribution is 5.89. The van der Waals surface area contributed by atoms with Gasteiger partial charge in [0, 0.05) is 44.4 Å². The lowest BCUT2D eigenvalue weighted by molar-refractivity contribution is -0.116. The van der Waals surface area contributed by atoms with Crippen LogP contribution in [0.3, 0.4) is 0 Å². The van der Waals surface area contributed by atoms with E-state index in [9.17, 15) is 4.79 Å². The molecule has 0 atom stereocenters. The summed E-state index contributed by atoms with van der Waals surface area (Å²) in [5.74, 6) is 1.06. The molecule has 0 aliphatic carbocycles. The third-order valence-corrected chi connectivity index (χ3v) is 2.83. The fraction of sp³-hybridized carbons (Fsp3) is 0.462. The number of aryl methyl sites for hydroxylation is 2. The number of carbonyl (C=O) groups is 1. The maximum atomic E-state index is 11.7. The Morgan fingerprint density at radius 3 is 2.95 bits per heavy atom. The Morgan fingerprint density at radius 1 is 1.55 bits per heavy atom. The maximum absolute atomic E-state index is 11.7. The molecule has 20 heavy (non-hydrogen) atoms. The number of amides is 1. The Kier molecular flexibility index (Phi) is 4.52. The van der Waals surface area contributed by atoms with E-state index < -0.39 is 0 Å². The Bertz CT molecular complexity index is 575.